The molecular formula is C13H13BrN4O. The van der Waals surface area contributed by atoms with Gasteiger partial charge < -0.3 is 10.7 Å². The standard InChI is InChI=1S/C13H13BrN4O/c14-10-3-1-9(2-4-10)7-17-13(19)11-8-16-6-5-12(11)18-15/h1-6,8H,7,15H2,(H,16,18)(H,17,19). The summed E-state index contributed by atoms with van der Waals surface area (Å²) in [5.41, 5.74) is 4.45. The number of amides is 1. The Kier molecular flexibility index (Phi) is 4.48. The second-order valence-corrected chi connectivity index (χ2v) is 4.79. The molecule has 0 saturated heterocycles. The number of nitrogens with two attached hydrogens (primary N) is 1. The molecule has 98 valence electrons. The van der Waals surface area contributed by atoms with Crippen LogP contribution in [0.25, 0.3) is 0 Å². The Bertz CT molecular complexity index is 571. The molecule has 1 aromatic carbocycles. The van der Waals surface area contributed by atoms with Crippen molar-refractivity contribution in [2.75, 3.05) is 5.43 Å². The molecule has 4 N–H and O–H groups in total. The highest BCUT2D eigenvalue weighted by atomic mass is 79.9. The zero-order chi connectivity index (χ0) is 13.7. The fourth-order valence-corrected chi connectivity index (χ4v) is 1.85. The first-order valence-electron chi connectivity index (χ1n) is 5.64. The van der Waals surface area contributed by atoms with E-state index in [4.69, 9.17) is 5.84 Å². The van der Waals surface area contributed by atoms with Crippen LogP contribution in [0.1, 0.15) is 15.9 Å². The van der Waals surface area contributed by atoms with E-state index in [1.165, 1.54) is 6.20 Å². The summed E-state index contributed by atoms with van der Waals surface area (Å²) >= 11 is 3.36. The average molecular weight is 321 g/mol. The largest absolute Gasteiger partial charge is 0.348 e. The molecule has 0 aliphatic carbocycles. The predicted octanol–water partition coefficient (Wildman–Crippen LogP) is 2.06. The Balaban J connectivity index is 2.03. The molecule has 0 radical (unpaired) electrons. The highest BCUT2D eigenvalue weighted by molar-refractivity contribution is 9.10. The number of pyridine rings is 1. The van der Waals surface area contributed by atoms with Crippen LogP contribution in [0, 0.1) is 0 Å². The monoisotopic (exact) mass is 320 g/mol. The number of hydrazine groups is 1. The SMILES string of the molecule is NNc1ccncc1C(=O)NCc1ccc(Br)cc1. The highest BCUT2D eigenvalue weighted by Crippen LogP contribution is 2.13. The van der Waals surface area contributed by atoms with E-state index in [-0.39, 0.29) is 5.91 Å². The number of nitrogens with one attached hydrogen (secondary N) is 2. The number of rotatable bonds is 4. The van der Waals surface area contributed by atoms with Gasteiger partial charge in [-0.1, -0.05) is 28.1 Å². The van der Waals surface area contributed by atoms with Crippen molar-refractivity contribution in [3.8, 4) is 0 Å². The lowest BCUT2D eigenvalue weighted by atomic mass is 10.2. The number of halogens is 1. The fourth-order valence-electron chi connectivity index (χ4n) is 1.58. The van der Waals surface area contributed by atoms with E-state index >= 15 is 0 Å². The number of hydrogen-bond acceptors (Lipinski definition) is 4. The van der Waals surface area contributed by atoms with Crippen LogP contribution in [0.4, 0.5) is 5.69 Å². The third-order valence-corrected chi connectivity index (χ3v) is 3.12. The summed E-state index contributed by atoms with van der Waals surface area (Å²) in [4.78, 5) is 15.9. The average Bonchev–Trinajstić information content (AvgIpc) is 2.46. The van der Waals surface area contributed by atoms with Crippen molar-refractivity contribution in [1.82, 2.24) is 10.3 Å². The highest BCUT2D eigenvalue weighted by Gasteiger charge is 2.10. The number of carbonyl (C=O) groups excluding carboxylic acids is 1. The zero-order valence-electron chi connectivity index (χ0n) is 10.1. The van der Waals surface area contributed by atoms with Crippen LogP contribution >= 0.6 is 15.9 Å². The maximum atomic E-state index is 12.0. The number of nitrogens with zero attached hydrogens (tertiary/aromatic N) is 1. The molecule has 0 atom stereocenters. The minimum atomic E-state index is -0.219. The van der Waals surface area contributed by atoms with E-state index in [2.05, 4.69) is 31.7 Å². The van der Waals surface area contributed by atoms with Crippen LogP contribution in [0.5, 0.6) is 0 Å². The maximum Gasteiger partial charge on any atom is 0.255 e. The van der Waals surface area contributed by atoms with Gasteiger partial charge in [-0.3, -0.25) is 15.6 Å². The van der Waals surface area contributed by atoms with E-state index < -0.39 is 0 Å². The molecule has 1 aromatic heterocycles. The molecule has 0 spiro atoms. The summed E-state index contributed by atoms with van der Waals surface area (Å²) in [6, 6.07) is 9.39. The van der Waals surface area contributed by atoms with E-state index in [9.17, 15) is 4.79 Å². The van der Waals surface area contributed by atoms with Crippen LogP contribution in [0.15, 0.2) is 47.2 Å². The topological polar surface area (TPSA) is 80.0 Å². The number of carbonyl (C=O) groups is 1. The molecule has 2 aromatic rings. The Morgan fingerprint density at radius 1 is 1.26 bits per heavy atom. The third kappa shape index (κ3) is 3.52. The van der Waals surface area contributed by atoms with Gasteiger partial charge in [0.15, 0.2) is 0 Å². The molecule has 0 bridgehead atoms. The Morgan fingerprint density at radius 2 is 2.00 bits per heavy atom. The van der Waals surface area contributed by atoms with Gasteiger partial charge in [-0.2, -0.15) is 0 Å². The van der Waals surface area contributed by atoms with E-state index in [0.29, 0.717) is 17.8 Å². The minimum Gasteiger partial charge on any atom is -0.348 e. The van der Waals surface area contributed by atoms with Crippen LogP contribution in [-0.2, 0) is 6.54 Å². The molecule has 0 fully saturated rings. The van der Waals surface area contributed by atoms with Gasteiger partial charge in [0.2, 0.25) is 0 Å². The number of benzene rings is 1. The Labute approximate surface area is 119 Å². The van der Waals surface area contributed by atoms with Crippen molar-refractivity contribution in [3.63, 3.8) is 0 Å². The fraction of sp³-hybridized carbons (Fsp3) is 0.0769. The molecule has 0 saturated carbocycles. The van der Waals surface area contributed by atoms with Crippen molar-refractivity contribution >= 4 is 27.5 Å². The number of aromatic nitrogens is 1. The third-order valence-electron chi connectivity index (χ3n) is 2.59. The van der Waals surface area contributed by atoms with Gasteiger partial charge in [-0.15, -0.1) is 0 Å². The molecule has 0 aliphatic heterocycles. The van der Waals surface area contributed by atoms with Crippen LogP contribution < -0.4 is 16.6 Å². The molecule has 2 rings (SSSR count). The molecule has 1 amide bonds. The van der Waals surface area contributed by atoms with E-state index in [0.717, 1.165) is 10.0 Å². The summed E-state index contributed by atoms with van der Waals surface area (Å²) in [6.45, 7) is 0.449. The van der Waals surface area contributed by atoms with E-state index in [1.807, 2.05) is 24.3 Å². The van der Waals surface area contributed by atoms with Gasteiger partial charge in [0.25, 0.3) is 5.91 Å². The van der Waals surface area contributed by atoms with Gasteiger partial charge in [0.1, 0.15) is 0 Å². The summed E-state index contributed by atoms with van der Waals surface area (Å²) in [5, 5.41) is 2.82. The van der Waals surface area contributed by atoms with Gasteiger partial charge in [0, 0.05) is 23.4 Å². The van der Waals surface area contributed by atoms with Gasteiger partial charge >= 0.3 is 0 Å². The summed E-state index contributed by atoms with van der Waals surface area (Å²) in [7, 11) is 0. The minimum absolute atomic E-state index is 0.219. The molecule has 19 heavy (non-hydrogen) atoms. The quantitative estimate of drug-likeness (QED) is 0.595. The summed E-state index contributed by atoms with van der Waals surface area (Å²) < 4.78 is 1.00. The van der Waals surface area contributed by atoms with Crippen molar-refractivity contribution in [3.05, 3.63) is 58.3 Å². The predicted molar refractivity (Wildman–Crippen MR) is 77.4 cm³/mol. The van der Waals surface area contributed by atoms with Crippen LogP contribution in [0.3, 0.4) is 0 Å². The van der Waals surface area contributed by atoms with Crippen LogP contribution in [0.2, 0.25) is 0 Å². The van der Waals surface area contributed by atoms with E-state index in [1.54, 1.807) is 12.3 Å². The lowest BCUT2D eigenvalue weighted by Crippen LogP contribution is -2.25. The first-order valence-corrected chi connectivity index (χ1v) is 6.43. The smallest absolute Gasteiger partial charge is 0.255 e. The zero-order valence-corrected chi connectivity index (χ0v) is 11.6. The molecule has 0 unspecified atom stereocenters. The van der Waals surface area contributed by atoms with Crippen molar-refractivity contribution in [1.29, 1.82) is 0 Å². The first kappa shape index (κ1) is 13.5. The van der Waals surface area contributed by atoms with Crippen LogP contribution in [-0.4, -0.2) is 10.9 Å². The Morgan fingerprint density at radius 3 is 2.68 bits per heavy atom. The van der Waals surface area contributed by atoms with Crippen molar-refractivity contribution < 1.29 is 4.79 Å². The second-order valence-electron chi connectivity index (χ2n) is 3.87. The van der Waals surface area contributed by atoms with Gasteiger partial charge in [-0.25, -0.2) is 0 Å². The summed E-state index contributed by atoms with van der Waals surface area (Å²) in [6.07, 6.45) is 3.05. The lowest BCUT2D eigenvalue weighted by molar-refractivity contribution is 0.0951. The van der Waals surface area contributed by atoms with Crippen molar-refractivity contribution in [2.24, 2.45) is 5.84 Å². The number of hydrogen-bond donors (Lipinski definition) is 3. The molecular weight excluding hydrogens is 308 g/mol. The van der Waals surface area contributed by atoms with Gasteiger partial charge in [0.05, 0.1) is 11.3 Å². The molecule has 0 aliphatic rings. The molecule has 1 heterocycles. The number of anilines is 1. The number of nitrogen functional groups attached to an aromatic ring is 1. The van der Waals surface area contributed by atoms with Crippen molar-refractivity contribution in [2.45, 2.75) is 6.54 Å². The maximum absolute atomic E-state index is 12.0. The summed E-state index contributed by atoms with van der Waals surface area (Å²) in [5.74, 6) is 5.13. The van der Waals surface area contributed by atoms with Gasteiger partial charge in [-0.05, 0) is 23.8 Å². The lowest BCUT2D eigenvalue weighted by Gasteiger charge is -2.09. The molecule has 6 heteroatoms. The first-order chi connectivity index (χ1) is 9.20. The Hall–Kier alpha value is -1.92. The second kappa shape index (κ2) is 6.31. The molecule has 5 nitrogen and oxygen atoms in total. The normalized spacial score (nSPS) is 10.0.